The van der Waals surface area contributed by atoms with Crippen molar-refractivity contribution in [1.82, 2.24) is 4.57 Å². The predicted molar refractivity (Wildman–Crippen MR) is 265 cm³/mol. The molecular formula is C60H39NSe. The molecule has 0 unspecified atom stereocenters. The quantitative estimate of drug-likeness (QED) is 0.141. The number of rotatable bonds is 7. The molecule has 0 aliphatic heterocycles. The molecule has 0 saturated heterocycles. The van der Waals surface area contributed by atoms with E-state index in [1.165, 1.54) is 108 Å². The third-order valence-corrected chi connectivity index (χ3v) is 15.1. The Hall–Kier alpha value is -7.48. The summed E-state index contributed by atoms with van der Waals surface area (Å²) in [6.45, 7) is 0. The Kier molecular flexibility index (Phi) is 8.92. The Labute approximate surface area is 367 Å². The molecule has 1 nitrogen and oxygen atoms in total. The predicted octanol–water partition coefficient (Wildman–Crippen LogP) is 16.1. The molecule has 12 rings (SSSR count). The zero-order chi connectivity index (χ0) is 41.0. The molecule has 12 aromatic rings. The van der Waals surface area contributed by atoms with Gasteiger partial charge < -0.3 is 0 Å². The van der Waals surface area contributed by atoms with Gasteiger partial charge in [0.15, 0.2) is 0 Å². The standard InChI is InChI=1S/C60H39NSe/c1-4-15-40(16-5-1)42-29-31-43(32-30-42)47-35-48(37-49(36-47)52-25-14-27-55-54-26-13-24-51(59(54)62-60(52)55)44-19-8-3-9-20-44)46-33-34-58-56(39-46)53-23-10-11-28-57(53)61(58)50-22-12-21-45(38-50)41-17-6-2-7-18-41/h1-39H. The van der Waals surface area contributed by atoms with Crippen molar-refractivity contribution < 1.29 is 0 Å². The topological polar surface area (TPSA) is 4.93 Å². The molecule has 2 heterocycles. The van der Waals surface area contributed by atoms with Gasteiger partial charge in [0.1, 0.15) is 0 Å². The molecule has 290 valence electrons. The molecule has 2 aromatic heterocycles. The van der Waals surface area contributed by atoms with Crippen molar-refractivity contribution in [2.45, 2.75) is 0 Å². The van der Waals surface area contributed by atoms with Gasteiger partial charge in [0.05, 0.1) is 0 Å². The number of hydrogen-bond donors (Lipinski definition) is 0. The van der Waals surface area contributed by atoms with Gasteiger partial charge in [-0.2, -0.15) is 0 Å². The van der Waals surface area contributed by atoms with E-state index in [2.05, 4.69) is 241 Å². The Bertz CT molecular complexity index is 3600. The van der Waals surface area contributed by atoms with Crippen LogP contribution in [0.2, 0.25) is 0 Å². The summed E-state index contributed by atoms with van der Waals surface area (Å²) in [6, 6.07) is 87.1. The number of nitrogens with zero attached hydrogens (tertiary/aromatic N) is 1. The second-order valence-electron chi connectivity index (χ2n) is 16.1. The van der Waals surface area contributed by atoms with Gasteiger partial charge in [-0.25, -0.2) is 0 Å². The zero-order valence-electron chi connectivity index (χ0n) is 33.9. The molecule has 0 spiro atoms. The van der Waals surface area contributed by atoms with Crippen LogP contribution in [0, 0.1) is 0 Å². The van der Waals surface area contributed by atoms with E-state index in [9.17, 15) is 0 Å². The van der Waals surface area contributed by atoms with Crippen LogP contribution in [0.25, 0.3) is 114 Å². The second kappa shape index (κ2) is 15.2. The van der Waals surface area contributed by atoms with Crippen molar-refractivity contribution in [3.05, 3.63) is 237 Å². The summed E-state index contributed by atoms with van der Waals surface area (Å²) in [5.74, 6) is 0. The van der Waals surface area contributed by atoms with Gasteiger partial charge in [0.2, 0.25) is 0 Å². The van der Waals surface area contributed by atoms with Crippen LogP contribution in [-0.4, -0.2) is 19.1 Å². The number of aromatic nitrogens is 1. The first kappa shape index (κ1) is 36.4. The van der Waals surface area contributed by atoms with E-state index >= 15 is 0 Å². The van der Waals surface area contributed by atoms with Gasteiger partial charge in [0.25, 0.3) is 0 Å². The fourth-order valence-corrected chi connectivity index (χ4v) is 12.3. The monoisotopic (exact) mass is 853 g/mol. The van der Waals surface area contributed by atoms with Crippen molar-refractivity contribution in [2.24, 2.45) is 0 Å². The molecule has 0 fully saturated rings. The molecule has 0 atom stereocenters. The third kappa shape index (κ3) is 6.32. The first-order valence-corrected chi connectivity index (χ1v) is 23.0. The molecule has 0 aliphatic carbocycles. The van der Waals surface area contributed by atoms with Crippen LogP contribution in [0.1, 0.15) is 0 Å². The van der Waals surface area contributed by atoms with E-state index in [1.807, 2.05) is 0 Å². The van der Waals surface area contributed by atoms with Crippen LogP contribution in [0.5, 0.6) is 0 Å². The third-order valence-electron chi connectivity index (χ3n) is 12.4. The van der Waals surface area contributed by atoms with Crippen molar-refractivity contribution in [3.63, 3.8) is 0 Å². The fourth-order valence-electron chi connectivity index (χ4n) is 9.38. The maximum atomic E-state index is 2.43. The molecular weight excluding hydrogens is 814 g/mol. The Morgan fingerprint density at radius 1 is 0.242 bits per heavy atom. The first-order chi connectivity index (χ1) is 30.7. The van der Waals surface area contributed by atoms with E-state index < -0.39 is 0 Å². The minimum atomic E-state index is 0.139. The van der Waals surface area contributed by atoms with Crippen molar-refractivity contribution in [1.29, 1.82) is 0 Å². The maximum absolute atomic E-state index is 2.43. The summed E-state index contributed by atoms with van der Waals surface area (Å²) in [4.78, 5) is 0. The molecule has 2 heteroatoms. The van der Waals surface area contributed by atoms with E-state index in [1.54, 1.807) is 0 Å². The molecule has 62 heavy (non-hydrogen) atoms. The van der Waals surface area contributed by atoms with E-state index in [4.69, 9.17) is 0 Å². The molecule has 10 aromatic carbocycles. The number of benzene rings is 10. The molecule has 0 bridgehead atoms. The molecule has 0 N–H and O–H groups in total. The molecule has 0 radical (unpaired) electrons. The van der Waals surface area contributed by atoms with Crippen LogP contribution < -0.4 is 0 Å². The van der Waals surface area contributed by atoms with Crippen LogP contribution in [-0.2, 0) is 0 Å². The summed E-state index contributed by atoms with van der Waals surface area (Å²) >= 11 is 0.139. The van der Waals surface area contributed by atoms with Crippen LogP contribution in [0.4, 0.5) is 0 Å². The minimum absolute atomic E-state index is 0.139. The molecule has 0 aliphatic rings. The first-order valence-electron chi connectivity index (χ1n) is 21.2. The number of fused-ring (bicyclic) bond motifs is 6. The fraction of sp³-hybridized carbons (Fsp3) is 0. The van der Waals surface area contributed by atoms with Gasteiger partial charge >= 0.3 is 310 Å². The Morgan fingerprint density at radius 2 is 0.677 bits per heavy atom. The van der Waals surface area contributed by atoms with Crippen LogP contribution in [0.3, 0.4) is 0 Å². The van der Waals surface area contributed by atoms with E-state index in [0.29, 0.717) is 0 Å². The van der Waals surface area contributed by atoms with Gasteiger partial charge in [-0.1, -0.05) is 48.5 Å². The molecule has 0 saturated carbocycles. The summed E-state index contributed by atoms with van der Waals surface area (Å²) in [7, 11) is 0. The number of para-hydroxylation sites is 1. The van der Waals surface area contributed by atoms with E-state index in [-0.39, 0.29) is 14.5 Å². The van der Waals surface area contributed by atoms with Crippen molar-refractivity contribution in [2.75, 3.05) is 0 Å². The number of hydrogen-bond acceptors (Lipinski definition) is 0. The van der Waals surface area contributed by atoms with Crippen molar-refractivity contribution in [3.8, 4) is 72.4 Å². The van der Waals surface area contributed by atoms with Crippen LogP contribution >= 0.6 is 0 Å². The summed E-state index contributed by atoms with van der Waals surface area (Å²) in [5.41, 5.74) is 18.4. The molecule has 0 amide bonds. The second-order valence-corrected chi connectivity index (χ2v) is 18.2. The SMILES string of the molecule is c1ccc(-c2ccc(-c3cc(-c4ccc5c(c4)c4ccccc4n5-c4cccc(-c5ccccc5)c4)cc(-c4cccc5c4[se]c4c(-c6ccccc6)cccc45)c3)cc2)cc1. The summed E-state index contributed by atoms with van der Waals surface area (Å²) in [6.07, 6.45) is 0. The normalized spacial score (nSPS) is 11.5. The Balaban J connectivity index is 1.04. The van der Waals surface area contributed by atoms with Gasteiger partial charge in [-0.15, -0.1) is 0 Å². The van der Waals surface area contributed by atoms with Crippen LogP contribution in [0.15, 0.2) is 237 Å². The van der Waals surface area contributed by atoms with Gasteiger partial charge in [0, 0.05) is 0 Å². The average molecular weight is 853 g/mol. The van der Waals surface area contributed by atoms with E-state index in [0.717, 1.165) is 5.69 Å². The summed E-state index contributed by atoms with van der Waals surface area (Å²) < 4.78 is 5.35. The average Bonchev–Trinajstić information content (AvgIpc) is 3.91. The Morgan fingerprint density at radius 3 is 1.35 bits per heavy atom. The van der Waals surface area contributed by atoms with Gasteiger partial charge in [-0.05, 0) is 11.1 Å². The van der Waals surface area contributed by atoms with Crippen molar-refractivity contribution >= 4 is 55.6 Å². The zero-order valence-corrected chi connectivity index (χ0v) is 35.6. The summed E-state index contributed by atoms with van der Waals surface area (Å²) in [5, 5.41) is 5.22. The van der Waals surface area contributed by atoms with Gasteiger partial charge in [-0.3, -0.25) is 0 Å².